The molecule has 30 heavy (non-hydrogen) atoms. The lowest BCUT2D eigenvalue weighted by Crippen LogP contribution is -2.15. The van der Waals surface area contributed by atoms with Gasteiger partial charge in [0.05, 0.1) is 5.75 Å². The predicted molar refractivity (Wildman–Crippen MR) is 124 cm³/mol. The zero-order valence-electron chi connectivity index (χ0n) is 16.8. The fraction of sp³-hybridized carbons (Fsp3) is 0.174. The lowest BCUT2D eigenvalue weighted by Gasteiger charge is -2.11. The molecule has 0 spiro atoms. The van der Waals surface area contributed by atoms with Gasteiger partial charge in [0.15, 0.2) is 5.16 Å². The van der Waals surface area contributed by atoms with Crippen molar-refractivity contribution < 1.29 is 4.79 Å². The van der Waals surface area contributed by atoms with E-state index in [4.69, 9.17) is 0 Å². The van der Waals surface area contributed by atoms with Crippen LogP contribution in [0.5, 0.6) is 0 Å². The molecule has 0 fully saturated rings. The fourth-order valence-electron chi connectivity index (χ4n) is 3.06. The number of rotatable bonds is 7. The van der Waals surface area contributed by atoms with Gasteiger partial charge in [0.25, 0.3) is 0 Å². The van der Waals surface area contributed by atoms with Gasteiger partial charge in [0, 0.05) is 22.7 Å². The maximum Gasteiger partial charge on any atom is 0.234 e. The topological polar surface area (TPSA) is 59.8 Å². The molecule has 4 rings (SSSR count). The molecule has 1 N–H and O–H groups in total. The molecule has 0 unspecified atom stereocenters. The van der Waals surface area contributed by atoms with Crippen molar-refractivity contribution in [1.29, 1.82) is 0 Å². The second-order valence-corrected chi connectivity index (χ2v) is 8.95. The Labute approximate surface area is 184 Å². The van der Waals surface area contributed by atoms with Crippen molar-refractivity contribution >= 4 is 34.7 Å². The minimum absolute atomic E-state index is 0.0624. The number of thioether (sulfide) groups is 1. The van der Waals surface area contributed by atoms with Crippen LogP contribution in [0, 0.1) is 13.8 Å². The van der Waals surface area contributed by atoms with Gasteiger partial charge in [0.2, 0.25) is 5.91 Å². The summed E-state index contributed by atoms with van der Waals surface area (Å²) in [6, 6.07) is 20.2. The van der Waals surface area contributed by atoms with Crippen LogP contribution in [0.15, 0.2) is 71.2 Å². The number of carbonyl (C=O) groups excluding carboxylic acids is 1. The first-order valence-corrected chi connectivity index (χ1v) is 11.5. The van der Waals surface area contributed by atoms with Gasteiger partial charge in [-0.3, -0.25) is 9.36 Å². The molecule has 7 heteroatoms. The summed E-state index contributed by atoms with van der Waals surface area (Å²) in [5.74, 6) is 1.06. The molecule has 2 aromatic heterocycles. The zero-order valence-corrected chi connectivity index (χ0v) is 18.5. The monoisotopic (exact) mass is 434 g/mol. The molecule has 1 amide bonds. The Bertz CT molecular complexity index is 1130. The number of anilines is 1. The largest absolute Gasteiger partial charge is 0.325 e. The van der Waals surface area contributed by atoms with Crippen LogP contribution in [0.1, 0.15) is 21.8 Å². The molecular weight excluding hydrogens is 412 g/mol. The highest BCUT2D eigenvalue weighted by Gasteiger charge is 2.17. The Morgan fingerprint density at radius 2 is 1.83 bits per heavy atom. The minimum Gasteiger partial charge on any atom is -0.325 e. The molecule has 0 aliphatic rings. The van der Waals surface area contributed by atoms with Crippen LogP contribution in [0.3, 0.4) is 0 Å². The summed E-state index contributed by atoms with van der Waals surface area (Å²) in [4.78, 5) is 13.7. The maximum atomic E-state index is 12.5. The average molecular weight is 435 g/mol. The summed E-state index contributed by atoms with van der Waals surface area (Å²) in [7, 11) is 0. The van der Waals surface area contributed by atoms with Gasteiger partial charge >= 0.3 is 0 Å². The fourth-order valence-corrected chi connectivity index (χ4v) is 4.53. The lowest BCUT2D eigenvalue weighted by molar-refractivity contribution is -0.113. The van der Waals surface area contributed by atoms with Crippen LogP contribution >= 0.6 is 23.1 Å². The van der Waals surface area contributed by atoms with Crippen LogP contribution in [0.4, 0.5) is 5.69 Å². The number of carbonyl (C=O) groups is 1. The number of thiophene rings is 1. The Hall–Kier alpha value is -2.90. The number of hydrogen-bond donors (Lipinski definition) is 1. The molecule has 0 bridgehead atoms. The van der Waals surface area contributed by atoms with E-state index in [1.807, 2.05) is 41.8 Å². The third-order valence-corrected chi connectivity index (χ3v) is 6.46. The number of nitrogens with one attached hydrogen (secondary N) is 1. The summed E-state index contributed by atoms with van der Waals surface area (Å²) in [6.07, 6.45) is 0.703. The van der Waals surface area contributed by atoms with Gasteiger partial charge in [-0.1, -0.05) is 53.7 Å². The molecule has 0 saturated heterocycles. The van der Waals surface area contributed by atoms with E-state index in [-0.39, 0.29) is 11.7 Å². The highest BCUT2D eigenvalue weighted by atomic mass is 32.2. The maximum absolute atomic E-state index is 12.5. The SMILES string of the molecule is Cc1ccc(-n2c(Cc3cccs3)nnc2SCC(=O)Nc2ccccc2C)cc1. The van der Waals surface area contributed by atoms with Gasteiger partial charge in [-0.25, -0.2) is 0 Å². The van der Waals surface area contributed by atoms with Gasteiger partial charge in [-0.2, -0.15) is 0 Å². The van der Waals surface area contributed by atoms with Crippen molar-refractivity contribution in [2.75, 3.05) is 11.1 Å². The number of aromatic nitrogens is 3. The molecular formula is C23H22N4OS2. The second kappa shape index (κ2) is 9.28. The number of amides is 1. The van der Waals surface area contributed by atoms with Crippen LogP contribution < -0.4 is 5.32 Å². The Morgan fingerprint density at radius 3 is 2.57 bits per heavy atom. The van der Waals surface area contributed by atoms with Crippen molar-refractivity contribution in [2.45, 2.75) is 25.4 Å². The number of hydrogen-bond acceptors (Lipinski definition) is 5. The van der Waals surface area contributed by atoms with Crippen LogP contribution in [-0.2, 0) is 11.2 Å². The molecule has 152 valence electrons. The first kappa shape index (κ1) is 20.4. The standard InChI is InChI=1S/C23H22N4OS2/c1-16-9-11-18(12-10-16)27-21(14-19-7-5-13-29-19)25-26-23(27)30-15-22(28)24-20-8-4-3-6-17(20)2/h3-13H,14-15H2,1-2H3,(H,24,28). The number of para-hydroxylation sites is 1. The predicted octanol–water partition coefficient (Wildman–Crippen LogP) is 5.27. The van der Waals surface area contributed by atoms with E-state index in [1.165, 1.54) is 22.2 Å². The van der Waals surface area contributed by atoms with Crippen molar-refractivity contribution in [2.24, 2.45) is 0 Å². The summed E-state index contributed by atoms with van der Waals surface area (Å²) in [5, 5.41) is 14.6. The Kier molecular flexibility index (Phi) is 6.30. The van der Waals surface area contributed by atoms with Crippen molar-refractivity contribution in [3.8, 4) is 5.69 Å². The minimum atomic E-state index is -0.0624. The lowest BCUT2D eigenvalue weighted by atomic mass is 10.2. The number of aryl methyl sites for hydroxylation is 2. The van der Waals surface area contributed by atoms with E-state index >= 15 is 0 Å². The molecule has 0 atom stereocenters. The normalized spacial score (nSPS) is 10.9. The van der Waals surface area contributed by atoms with Crippen LogP contribution in [-0.4, -0.2) is 26.4 Å². The van der Waals surface area contributed by atoms with E-state index in [1.54, 1.807) is 11.3 Å². The van der Waals surface area contributed by atoms with Gasteiger partial charge < -0.3 is 5.32 Å². The smallest absolute Gasteiger partial charge is 0.234 e. The zero-order chi connectivity index (χ0) is 20.9. The Morgan fingerprint density at radius 1 is 1.03 bits per heavy atom. The highest BCUT2D eigenvalue weighted by Crippen LogP contribution is 2.25. The molecule has 0 saturated carbocycles. The molecule has 0 aliphatic heterocycles. The van der Waals surface area contributed by atoms with Crippen LogP contribution in [0.2, 0.25) is 0 Å². The molecule has 0 aliphatic carbocycles. The first-order chi connectivity index (χ1) is 14.6. The molecule has 5 nitrogen and oxygen atoms in total. The summed E-state index contributed by atoms with van der Waals surface area (Å²) in [6.45, 7) is 4.04. The van der Waals surface area contributed by atoms with Crippen LogP contribution in [0.25, 0.3) is 5.69 Å². The van der Waals surface area contributed by atoms with Gasteiger partial charge in [-0.05, 0) is 49.1 Å². The molecule has 4 aromatic rings. The van der Waals surface area contributed by atoms with Gasteiger partial charge in [0.1, 0.15) is 5.82 Å². The van der Waals surface area contributed by atoms with E-state index in [9.17, 15) is 4.79 Å². The quantitative estimate of drug-likeness (QED) is 0.403. The molecule has 0 radical (unpaired) electrons. The van der Waals surface area contributed by atoms with Gasteiger partial charge in [-0.15, -0.1) is 21.5 Å². The molecule has 2 heterocycles. The van der Waals surface area contributed by atoms with E-state index in [0.29, 0.717) is 11.6 Å². The highest BCUT2D eigenvalue weighted by molar-refractivity contribution is 7.99. The van der Waals surface area contributed by atoms with E-state index in [2.05, 4.69) is 58.1 Å². The summed E-state index contributed by atoms with van der Waals surface area (Å²) >= 11 is 3.10. The summed E-state index contributed by atoms with van der Waals surface area (Å²) in [5.41, 5.74) is 4.07. The third-order valence-electron chi connectivity index (χ3n) is 4.66. The van der Waals surface area contributed by atoms with E-state index < -0.39 is 0 Å². The first-order valence-electron chi connectivity index (χ1n) is 9.62. The Balaban J connectivity index is 1.55. The average Bonchev–Trinajstić information content (AvgIpc) is 3.39. The summed E-state index contributed by atoms with van der Waals surface area (Å²) < 4.78 is 2.05. The van der Waals surface area contributed by atoms with Crippen molar-refractivity contribution in [3.05, 3.63) is 87.9 Å². The van der Waals surface area contributed by atoms with Crippen molar-refractivity contribution in [3.63, 3.8) is 0 Å². The number of benzene rings is 2. The molecule has 2 aromatic carbocycles. The third kappa shape index (κ3) is 4.80. The van der Waals surface area contributed by atoms with Crippen molar-refractivity contribution in [1.82, 2.24) is 14.8 Å². The number of nitrogens with zero attached hydrogens (tertiary/aromatic N) is 3. The van der Waals surface area contributed by atoms with E-state index in [0.717, 1.165) is 22.8 Å². The second-order valence-electron chi connectivity index (χ2n) is 6.98.